The molecule has 0 heterocycles. The van der Waals surface area contributed by atoms with Crippen LogP contribution in [0.1, 0.15) is 387 Å². The van der Waals surface area contributed by atoms with Gasteiger partial charge in [0.1, 0.15) is 19.3 Å². The summed E-state index contributed by atoms with van der Waals surface area (Å²) < 4.78 is 68.6. The molecule has 2 unspecified atom stereocenters. The number of aliphatic hydroxyl groups is 1. The molecule has 19 heteroatoms. The molecule has 96 heavy (non-hydrogen) atoms. The minimum atomic E-state index is -4.96. The van der Waals surface area contributed by atoms with Gasteiger partial charge in [-0.05, 0) is 77.0 Å². The Morgan fingerprint density at radius 3 is 0.729 bits per heavy atom. The van der Waals surface area contributed by atoms with E-state index in [9.17, 15) is 43.2 Å². The van der Waals surface area contributed by atoms with E-state index in [1.165, 1.54) is 167 Å². The summed E-state index contributed by atoms with van der Waals surface area (Å²) in [6.45, 7) is 4.94. The van der Waals surface area contributed by atoms with E-state index >= 15 is 0 Å². The number of hydrogen-bond donors (Lipinski definition) is 3. The van der Waals surface area contributed by atoms with Gasteiger partial charge in [-0.25, -0.2) is 9.13 Å². The number of carbonyl (C=O) groups is 4. The van der Waals surface area contributed by atoms with E-state index in [2.05, 4.69) is 52.0 Å². The molecule has 0 amide bonds. The smallest absolute Gasteiger partial charge is 0.462 e. The van der Waals surface area contributed by atoms with Crippen LogP contribution in [0.3, 0.4) is 0 Å². The van der Waals surface area contributed by atoms with Crippen LogP contribution in [-0.2, 0) is 65.4 Å². The first-order valence-corrected chi connectivity index (χ1v) is 42.6. The normalized spacial score (nSPS) is 14.0. The Kier molecular flexibility index (Phi) is 69.1. The van der Waals surface area contributed by atoms with E-state index in [0.29, 0.717) is 25.7 Å². The molecule has 0 fully saturated rings. The van der Waals surface area contributed by atoms with Gasteiger partial charge >= 0.3 is 39.5 Å². The Hall–Kier alpha value is -2.46. The largest absolute Gasteiger partial charge is 0.472 e. The van der Waals surface area contributed by atoms with Gasteiger partial charge in [0, 0.05) is 25.7 Å². The molecular weight excluding hydrogens is 1260 g/mol. The molecule has 3 N–H and O–H groups in total. The van der Waals surface area contributed by atoms with Crippen LogP contribution < -0.4 is 0 Å². The van der Waals surface area contributed by atoms with E-state index < -0.39 is 97.5 Å². The van der Waals surface area contributed by atoms with Crippen LogP contribution in [-0.4, -0.2) is 96.7 Å². The third-order valence-corrected chi connectivity index (χ3v) is 19.3. The number of allylic oxidation sites excluding steroid dienone is 4. The Labute approximate surface area is 586 Å². The molecule has 0 aliphatic rings. The molecule has 0 aromatic heterocycles. The fourth-order valence-electron chi connectivity index (χ4n) is 11.3. The fraction of sp³-hybridized carbons (Fsp3) is 0.896. The number of phosphoric acid groups is 2. The highest BCUT2D eigenvalue weighted by molar-refractivity contribution is 7.47. The molecule has 17 nitrogen and oxygen atoms in total. The second-order valence-electron chi connectivity index (χ2n) is 27.0. The number of hydrogen-bond acceptors (Lipinski definition) is 15. The summed E-state index contributed by atoms with van der Waals surface area (Å²) in [5.41, 5.74) is 0. The van der Waals surface area contributed by atoms with Crippen molar-refractivity contribution >= 4 is 39.5 Å². The maximum Gasteiger partial charge on any atom is 0.472 e. The van der Waals surface area contributed by atoms with Gasteiger partial charge in [-0.1, -0.05) is 309 Å². The molecule has 0 aliphatic carbocycles. The van der Waals surface area contributed by atoms with Crippen molar-refractivity contribution in [3.63, 3.8) is 0 Å². The predicted octanol–water partition coefficient (Wildman–Crippen LogP) is 22.6. The maximum absolute atomic E-state index is 13.1. The SMILES string of the molecule is CCCCCC/C=C\CCCCCCCCCC(=O)O[C@H](COC(=O)CCCCCCCCCCCCCCC)COP(=O)(O)OCC(O)COP(=O)(O)OC[C@@H](COC(=O)CCCCCCCCCCCCCCC)OC(=O)CCCCCCCCC/C=C\CCCCCC. The average molecular weight is 1410 g/mol. The molecular formula is C77H146O17P2. The zero-order valence-electron chi connectivity index (χ0n) is 61.8. The van der Waals surface area contributed by atoms with Crippen molar-refractivity contribution in [2.45, 2.75) is 406 Å². The lowest BCUT2D eigenvalue weighted by Gasteiger charge is -2.21. The molecule has 0 saturated carbocycles. The highest BCUT2D eigenvalue weighted by Crippen LogP contribution is 2.45. The van der Waals surface area contributed by atoms with Crippen LogP contribution in [0.25, 0.3) is 0 Å². The van der Waals surface area contributed by atoms with Gasteiger partial charge in [0.2, 0.25) is 0 Å². The van der Waals surface area contributed by atoms with Gasteiger partial charge in [-0.2, -0.15) is 0 Å². The van der Waals surface area contributed by atoms with Gasteiger partial charge in [-0.3, -0.25) is 37.3 Å². The molecule has 0 aromatic carbocycles. The number of phosphoric ester groups is 2. The second kappa shape index (κ2) is 71.0. The van der Waals surface area contributed by atoms with Crippen molar-refractivity contribution in [3.8, 4) is 0 Å². The third-order valence-electron chi connectivity index (χ3n) is 17.4. The van der Waals surface area contributed by atoms with Gasteiger partial charge in [0.15, 0.2) is 12.2 Å². The number of esters is 4. The lowest BCUT2D eigenvalue weighted by atomic mass is 10.0. The molecule has 0 aliphatic heterocycles. The summed E-state index contributed by atoms with van der Waals surface area (Å²) in [7, 11) is -9.92. The van der Waals surface area contributed by atoms with E-state index in [1.54, 1.807) is 0 Å². The number of carbonyl (C=O) groups excluding carboxylic acids is 4. The average Bonchev–Trinajstić information content (AvgIpc) is 1.19. The number of ether oxygens (including phenoxy) is 4. The second-order valence-corrected chi connectivity index (χ2v) is 29.9. The zero-order chi connectivity index (χ0) is 70.4. The Morgan fingerprint density at radius 2 is 0.479 bits per heavy atom. The summed E-state index contributed by atoms with van der Waals surface area (Å²) in [5, 5.41) is 10.6. The molecule has 0 rings (SSSR count). The highest BCUT2D eigenvalue weighted by atomic mass is 31.2. The molecule has 0 bridgehead atoms. The van der Waals surface area contributed by atoms with Crippen molar-refractivity contribution in [1.82, 2.24) is 0 Å². The van der Waals surface area contributed by atoms with Crippen LogP contribution in [0.5, 0.6) is 0 Å². The summed E-state index contributed by atoms with van der Waals surface area (Å²) in [4.78, 5) is 72.9. The highest BCUT2D eigenvalue weighted by Gasteiger charge is 2.30. The van der Waals surface area contributed by atoms with E-state index in [0.717, 1.165) is 141 Å². The van der Waals surface area contributed by atoms with Crippen LogP contribution in [0.2, 0.25) is 0 Å². The van der Waals surface area contributed by atoms with Gasteiger partial charge in [0.25, 0.3) is 0 Å². The zero-order valence-corrected chi connectivity index (χ0v) is 63.6. The van der Waals surface area contributed by atoms with E-state index in [-0.39, 0.29) is 25.7 Å². The molecule has 4 atom stereocenters. The molecule has 0 spiro atoms. The first-order chi connectivity index (χ1) is 46.7. The van der Waals surface area contributed by atoms with Crippen LogP contribution in [0.4, 0.5) is 0 Å². The van der Waals surface area contributed by atoms with Crippen LogP contribution >= 0.6 is 15.6 Å². The first-order valence-electron chi connectivity index (χ1n) is 39.6. The summed E-state index contributed by atoms with van der Waals surface area (Å²) in [6, 6.07) is 0. The molecule has 0 aromatic rings. The monoisotopic (exact) mass is 1410 g/mol. The standard InChI is InChI=1S/C77H146O17P2/c1-5-9-13-17-21-25-29-33-35-39-43-47-51-55-59-63-76(81)93-72(67-87-74(79)61-57-53-49-45-41-37-31-27-23-19-15-11-7-3)69-91-95(83,84)89-65-71(78)66-90-96(85,86)92-70-73(68-88-75(80)62-58-54-50-46-42-38-32-28-24-20-16-12-8-4)94-77(82)64-60-56-52-48-44-40-36-34-30-26-22-18-14-10-6-2/h25-26,29-30,71-73,78H,5-24,27-28,31-70H2,1-4H3,(H,83,84)(H,85,86)/b29-25-,30-26-/t72-,73-/m1/s1. The van der Waals surface area contributed by atoms with Gasteiger partial charge in [0.05, 0.1) is 26.4 Å². The summed E-state index contributed by atoms with van der Waals surface area (Å²) >= 11 is 0. The quantitative estimate of drug-likeness (QED) is 0.0169. The number of rotatable bonds is 76. The van der Waals surface area contributed by atoms with Crippen molar-refractivity contribution in [3.05, 3.63) is 24.3 Å². The summed E-state index contributed by atoms with van der Waals surface area (Å²) in [5.74, 6) is -2.13. The number of unbranched alkanes of at least 4 members (excludes halogenated alkanes) is 46. The minimum Gasteiger partial charge on any atom is -0.462 e. The lowest BCUT2D eigenvalue weighted by Crippen LogP contribution is -2.30. The van der Waals surface area contributed by atoms with Gasteiger partial charge < -0.3 is 33.8 Å². The first kappa shape index (κ1) is 93.5. The van der Waals surface area contributed by atoms with E-state index in [1.807, 2.05) is 0 Å². The Bertz CT molecular complexity index is 1790. The van der Waals surface area contributed by atoms with Crippen LogP contribution in [0.15, 0.2) is 24.3 Å². The molecule has 0 saturated heterocycles. The topological polar surface area (TPSA) is 237 Å². The van der Waals surface area contributed by atoms with Crippen molar-refractivity contribution in [1.29, 1.82) is 0 Å². The number of aliphatic hydroxyl groups excluding tert-OH is 1. The third kappa shape index (κ3) is 70.0. The minimum absolute atomic E-state index is 0.0987. The molecule has 0 radical (unpaired) electrons. The molecule has 566 valence electrons. The van der Waals surface area contributed by atoms with Crippen molar-refractivity contribution in [2.75, 3.05) is 39.6 Å². The summed E-state index contributed by atoms with van der Waals surface area (Å²) in [6.07, 6.45) is 64.3. The van der Waals surface area contributed by atoms with E-state index in [4.69, 9.17) is 37.0 Å². The predicted molar refractivity (Wildman–Crippen MR) is 391 cm³/mol. The Balaban J connectivity index is 5.29. The lowest BCUT2D eigenvalue weighted by molar-refractivity contribution is -0.161. The van der Waals surface area contributed by atoms with Crippen molar-refractivity contribution < 1.29 is 80.2 Å². The van der Waals surface area contributed by atoms with Gasteiger partial charge in [-0.15, -0.1) is 0 Å². The fourth-order valence-corrected chi connectivity index (χ4v) is 12.9. The Morgan fingerprint density at radius 1 is 0.281 bits per heavy atom. The maximum atomic E-state index is 13.1. The van der Waals surface area contributed by atoms with Crippen LogP contribution in [0, 0.1) is 0 Å². The van der Waals surface area contributed by atoms with Crippen molar-refractivity contribution in [2.24, 2.45) is 0 Å².